The first-order valence-electron chi connectivity index (χ1n) is 8.15. The largest absolute Gasteiger partial charge is 0.450 e. The zero-order chi connectivity index (χ0) is 17.1. The van der Waals surface area contributed by atoms with E-state index >= 15 is 0 Å². The smallest absolute Gasteiger partial charge is 0.409 e. The lowest BCUT2D eigenvalue weighted by Gasteiger charge is -2.34. The van der Waals surface area contributed by atoms with Crippen LogP contribution in [0, 0.1) is 27.7 Å². The monoisotopic (exact) mass is 318 g/mol. The number of carbonyl (C=O) groups is 2. The summed E-state index contributed by atoms with van der Waals surface area (Å²) in [5, 5.41) is 0. The molecule has 1 saturated heterocycles. The minimum atomic E-state index is -0.293. The molecule has 2 rings (SSSR count). The highest BCUT2D eigenvalue weighted by Crippen LogP contribution is 2.23. The lowest BCUT2D eigenvalue weighted by atomic mass is 9.93. The van der Waals surface area contributed by atoms with Crippen molar-refractivity contribution in [3.8, 4) is 0 Å². The standard InChI is InChI=1S/C18H26N2O3/c1-6-23-18(22)20-9-7-19(8-10-20)17(21)16-14(4)12(2)11-13(3)15(16)5/h11H,6-10H2,1-5H3. The Morgan fingerprint density at radius 1 is 0.957 bits per heavy atom. The molecule has 1 aliphatic heterocycles. The van der Waals surface area contributed by atoms with E-state index in [-0.39, 0.29) is 12.0 Å². The van der Waals surface area contributed by atoms with Gasteiger partial charge in [0.05, 0.1) is 6.61 Å². The fraction of sp³-hybridized carbons (Fsp3) is 0.556. The zero-order valence-electron chi connectivity index (χ0n) is 14.7. The van der Waals surface area contributed by atoms with Crippen LogP contribution in [0.25, 0.3) is 0 Å². The van der Waals surface area contributed by atoms with E-state index in [2.05, 4.69) is 6.07 Å². The van der Waals surface area contributed by atoms with E-state index in [1.54, 1.807) is 11.8 Å². The lowest BCUT2D eigenvalue weighted by molar-refractivity contribution is 0.0569. The highest BCUT2D eigenvalue weighted by atomic mass is 16.6. The molecule has 1 fully saturated rings. The summed E-state index contributed by atoms with van der Waals surface area (Å²) in [5.74, 6) is 0.0651. The van der Waals surface area contributed by atoms with Crippen LogP contribution in [0.3, 0.4) is 0 Å². The molecule has 1 aliphatic rings. The number of amides is 2. The molecular weight excluding hydrogens is 292 g/mol. The Kier molecular flexibility index (Phi) is 5.29. The van der Waals surface area contributed by atoms with Crippen LogP contribution in [0.5, 0.6) is 0 Å². The van der Waals surface area contributed by atoms with Crippen LogP contribution in [0.2, 0.25) is 0 Å². The molecule has 5 nitrogen and oxygen atoms in total. The molecule has 1 heterocycles. The molecule has 23 heavy (non-hydrogen) atoms. The first-order chi connectivity index (χ1) is 10.9. The van der Waals surface area contributed by atoms with Crippen LogP contribution >= 0.6 is 0 Å². The topological polar surface area (TPSA) is 49.9 Å². The number of carbonyl (C=O) groups excluding carboxylic acids is 2. The SMILES string of the molecule is CCOC(=O)N1CCN(C(=O)c2c(C)c(C)cc(C)c2C)CC1. The fourth-order valence-corrected chi connectivity index (χ4v) is 3.00. The molecule has 0 radical (unpaired) electrons. The number of ether oxygens (including phenoxy) is 1. The molecule has 0 spiro atoms. The number of rotatable bonds is 2. The number of aryl methyl sites for hydroxylation is 2. The van der Waals surface area contributed by atoms with Crippen LogP contribution in [0.15, 0.2) is 6.07 Å². The summed E-state index contributed by atoms with van der Waals surface area (Å²) in [7, 11) is 0. The van der Waals surface area contributed by atoms with Gasteiger partial charge in [-0.3, -0.25) is 4.79 Å². The van der Waals surface area contributed by atoms with Gasteiger partial charge in [0.15, 0.2) is 0 Å². The summed E-state index contributed by atoms with van der Waals surface area (Å²) in [6.45, 7) is 12.4. The van der Waals surface area contributed by atoms with E-state index in [1.165, 1.54) is 0 Å². The number of benzene rings is 1. The highest BCUT2D eigenvalue weighted by molar-refractivity contribution is 5.98. The molecule has 0 saturated carbocycles. The van der Waals surface area contributed by atoms with Crippen LogP contribution in [0.4, 0.5) is 4.79 Å². The maximum atomic E-state index is 12.9. The van der Waals surface area contributed by atoms with E-state index < -0.39 is 0 Å². The first kappa shape index (κ1) is 17.3. The van der Waals surface area contributed by atoms with Crippen LogP contribution in [0.1, 0.15) is 39.5 Å². The molecule has 0 unspecified atom stereocenters. The summed E-state index contributed by atoms with van der Waals surface area (Å²) < 4.78 is 5.01. The Balaban J connectivity index is 2.14. The number of nitrogens with zero attached hydrogens (tertiary/aromatic N) is 2. The summed E-state index contributed by atoms with van der Waals surface area (Å²) in [4.78, 5) is 28.2. The van der Waals surface area contributed by atoms with Crippen LogP contribution < -0.4 is 0 Å². The van der Waals surface area contributed by atoms with Crippen molar-refractivity contribution in [1.82, 2.24) is 9.80 Å². The Hall–Kier alpha value is -2.04. The number of piperazine rings is 1. The Morgan fingerprint density at radius 2 is 1.43 bits per heavy atom. The normalized spacial score (nSPS) is 14.8. The van der Waals surface area contributed by atoms with Gasteiger partial charge < -0.3 is 14.5 Å². The fourth-order valence-electron chi connectivity index (χ4n) is 3.00. The maximum Gasteiger partial charge on any atom is 0.409 e. The zero-order valence-corrected chi connectivity index (χ0v) is 14.7. The van der Waals surface area contributed by atoms with Crippen molar-refractivity contribution in [2.75, 3.05) is 32.8 Å². The molecular formula is C18H26N2O3. The third-order valence-corrected chi connectivity index (χ3v) is 4.67. The van der Waals surface area contributed by atoms with Gasteiger partial charge in [-0.2, -0.15) is 0 Å². The Bertz CT molecular complexity index is 591. The van der Waals surface area contributed by atoms with E-state index in [0.29, 0.717) is 32.8 Å². The van der Waals surface area contributed by atoms with Gasteiger partial charge in [0.25, 0.3) is 5.91 Å². The molecule has 0 aromatic heterocycles. The van der Waals surface area contributed by atoms with Crippen molar-refractivity contribution < 1.29 is 14.3 Å². The second kappa shape index (κ2) is 7.02. The summed E-state index contributed by atoms with van der Waals surface area (Å²) in [5.41, 5.74) is 5.19. The number of hydrogen-bond donors (Lipinski definition) is 0. The van der Waals surface area contributed by atoms with Crippen molar-refractivity contribution in [2.45, 2.75) is 34.6 Å². The number of hydrogen-bond acceptors (Lipinski definition) is 3. The molecule has 0 bridgehead atoms. The molecule has 126 valence electrons. The van der Waals surface area contributed by atoms with Crippen LogP contribution in [-0.4, -0.2) is 54.6 Å². The summed E-state index contributed by atoms with van der Waals surface area (Å²) >= 11 is 0. The molecule has 5 heteroatoms. The quantitative estimate of drug-likeness (QED) is 0.842. The van der Waals surface area contributed by atoms with E-state index in [1.807, 2.05) is 32.6 Å². The van der Waals surface area contributed by atoms with Gasteiger partial charge in [-0.25, -0.2) is 4.79 Å². The lowest BCUT2D eigenvalue weighted by Crippen LogP contribution is -2.51. The second-order valence-electron chi connectivity index (χ2n) is 6.11. The Morgan fingerprint density at radius 3 is 1.91 bits per heavy atom. The van der Waals surface area contributed by atoms with Gasteiger partial charge in [0.2, 0.25) is 0 Å². The second-order valence-corrected chi connectivity index (χ2v) is 6.11. The van der Waals surface area contributed by atoms with Crippen molar-refractivity contribution >= 4 is 12.0 Å². The summed E-state index contributed by atoms with van der Waals surface area (Å²) in [6, 6.07) is 2.13. The molecule has 2 amide bonds. The minimum Gasteiger partial charge on any atom is -0.450 e. The third kappa shape index (κ3) is 3.49. The van der Waals surface area contributed by atoms with E-state index in [4.69, 9.17) is 4.74 Å². The van der Waals surface area contributed by atoms with Gasteiger partial charge in [0.1, 0.15) is 0 Å². The van der Waals surface area contributed by atoms with Crippen molar-refractivity contribution in [1.29, 1.82) is 0 Å². The van der Waals surface area contributed by atoms with Gasteiger partial charge in [-0.05, 0) is 56.9 Å². The molecule has 1 aromatic rings. The first-order valence-corrected chi connectivity index (χ1v) is 8.15. The predicted molar refractivity (Wildman–Crippen MR) is 89.9 cm³/mol. The van der Waals surface area contributed by atoms with Crippen LogP contribution in [-0.2, 0) is 4.74 Å². The Labute approximate surface area is 138 Å². The van der Waals surface area contributed by atoms with Gasteiger partial charge >= 0.3 is 6.09 Å². The average Bonchev–Trinajstić information content (AvgIpc) is 2.53. The third-order valence-electron chi connectivity index (χ3n) is 4.67. The van der Waals surface area contributed by atoms with Crippen molar-refractivity contribution in [2.24, 2.45) is 0 Å². The van der Waals surface area contributed by atoms with E-state index in [0.717, 1.165) is 27.8 Å². The van der Waals surface area contributed by atoms with Gasteiger partial charge in [-0.1, -0.05) is 6.07 Å². The molecule has 1 aromatic carbocycles. The van der Waals surface area contributed by atoms with Gasteiger partial charge in [0, 0.05) is 31.7 Å². The highest BCUT2D eigenvalue weighted by Gasteiger charge is 2.27. The molecule has 0 atom stereocenters. The summed E-state index contributed by atoms with van der Waals surface area (Å²) in [6.07, 6.45) is -0.293. The van der Waals surface area contributed by atoms with Crippen molar-refractivity contribution in [3.63, 3.8) is 0 Å². The molecule has 0 aliphatic carbocycles. The average molecular weight is 318 g/mol. The predicted octanol–water partition coefficient (Wildman–Crippen LogP) is 2.83. The van der Waals surface area contributed by atoms with E-state index in [9.17, 15) is 9.59 Å². The minimum absolute atomic E-state index is 0.0651. The van der Waals surface area contributed by atoms with Gasteiger partial charge in [-0.15, -0.1) is 0 Å². The van der Waals surface area contributed by atoms with Crippen molar-refractivity contribution in [3.05, 3.63) is 33.9 Å². The maximum absolute atomic E-state index is 12.9. The molecule has 0 N–H and O–H groups in total.